The summed E-state index contributed by atoms with van der Waals surface area (Å²) in [5.74, 6) is 2.87. The topological polar surface area (TPSA) is 196 Å². The molecule has 2 aromatic heterocycles. The lowest BCUT2D eigenvalue weighted by atomic mass is 10.0. The van der Waals surface area contributed by atoms with Crippen LogP contribution in [0.15, 0.2) is 58.7 Å². The van der Waals surface area contributed by atoms with Crippen molar-refractivity contribution < 1.29 is 9.59 Å². The van der Waals surface area contributed by atoms with Crippen LogP contribution in [0.2, 0.25) is 0 Å². The second-order valence-electron chi connectivity index (χ2n) is 12.6. The van der Waals surface area contributed by atoms with Crippen molar-refractivity contribution in [3.8, 4) is 0 Å². The van der Waals surface area contributed by atoms with E-state index in [1.54, 1.807) is 7.05 Å². The summed E-state index contributed by atoms with van der Waals surface area (Å²) in [6, 6.07) is 16.4. The summed E-state index contributed by atoms with van der Waals surface area (Å²) in [6.07, 6.45) is 5.81. The normalized spacial score (nSPS) is 18.5. The van der Waals surface area contributed by atoms with Crippen molar-refractivity contribution in [2.45, 2.75) is 62.3 Å². The maximum absolute atomic E-state index is 12.3. The zero-order valence-corrected chi connectivity index (χ0v) is 29.2. The molecule has 2 aromatic carbocycles. The summed E-state index contributed by atoms with van der Waals surface area (Å²) >= 11 is 1.92. The number of amides is 3. The molecule has 3 unspecified atom stereocenters. The number of benzene rings is 2. The van der Waals surface area contributed by atoms with Crippen molar-refractivity contribution in [1.29, 1.82) is 5.53 Å². The van der Waals surface area contributed by atoms with Crippen LogP contribution in [-0.2, 0) is 11.2 Å². The average Bonchev–Trinajstić information content (AvgIpc) is 3.80. The Morgan fingerprint density at radius 2 is 1.86 bits per heavy atom. The molecule has 50 heavy (non-hydrogen) atoms. The van der Waals surface area contributed by atoms with Crippen LogP contribution in [-0.4, -0.2) is 89.0 Å². The Balaban J connectivity index is 0.939. The number of carbonyl (C=O) groups is 2. The third kappa shape index (κ3) is 8.87. The zero-order valence-electron chi connectivity index (χ0n) is 28.3. The van der Waals surface area contributed by atoms with Gasteiger partial charge in [0, 0.05) is 60.4 Å². The van der Waals surface area contributed by atoms with Gasteiger partial charge in [0.15, 0.2) is 5.84 Å². The number of amidine groups is 1. The van der Waals surface area contributed by atoms with Gasteiger partial charge in [0.05, 0.1) is 17.5 Å². The van der Waals surface area contributed by atoms with Crippen LogP contribution in [0, 0.1) is 5.53 Å². The van der Waals surface area contributed by atoms with Gasteiger partial charge < -0.3 is 37.0 Å². The van der Waals surface area contributed by atoms with Crippen LogP contribution in [0.5, 0.6) is 0 Å². The van der Waals surface area contributed by atoms with Gasteiger partial charge in [0.2, 0.25) is 5.91 Å². The monoisotopic (exact) mass is 698 g/mol. The molecule has 2 fully saturated rings. The molecule has 0 spiro atoms. The van der Waals surface area contributed by atoms with E-state index in [1.807, 2.05) is 48.2 Å². The van der Waals surface area contributed by atoms with Gasteiger partial charge in [-0.2, -0.15) is 16.9 Å². The molecule has 3 amide bonds. The van der Waals surface area contributed by atoms with E-state index < -0.39 is 0 Å². The van der Waals surface area contributed by atoms with Crippen molar-refractivity contribution in [1.82, 2.24) is 41.6 Å². The van der Waals surface area contributed by atoms with E-state index in [9.17, 15) is 9.59 Å². The van der Waals surface area contributed by atoms with Crippen LogP contribution in [0.25, 0.3) is 21.9 Å². The highest BCUT2D eigenvalue weighted by Gasteiger charge is 2.42. The number of H-pyrrole nitrogens is 1. The maximum atomic E-state index is 12.3. The van der Waals surface area contributed by atoms with Crippen molar-refractivity contribution in [2.24, 2.45) is 10.2 Å². The number of rotatable bonds is 18. The first-order valence-electron chi connectivity index (χ1n) is 17.4. The zero-order chi connectivity index (χ0) is 34.7. The molecular formula is C35H46N12O2S. The third-order valence-corrected chi connectivity index (χ3v) is 10.5. The number of aromatic amines is 1. The number of urea groups is 1. The first-order chi connectivity index (χ1) is 24.5. The molecule has 4 aromatic rings. The fourth-order valence-corrected chi connectivity index (χ4v) is 8.12. The van der Waals surface area contributed by atoms with Gasteiger partial charge in [-0.25, -0.2) is 20.3 Å². The molecule has 0 bridgehead atoms. The summed E-state index contributed by atoms with van der Waals surface area (Å²) in [5.41, 5.74) is 13.7. The maximum Gasteiger partial charge on any atom is 0.315 e. The van der Waals surface area contributed by atoms with E-state index in [2.05, 4.69) is 59.3 Å². The number of aromatic nitrogens is 3. The molecule has 15 heteroatoms. The van der Waals surface area contributed by atoms with Crippen LogP contribution in [0.1, 0.15) is 55.5 Å². The van der Waals surface area contributed by atoms with Gasteiger partial charge in [-0.3, -0.25) is 4.79 Å². The van der Waals surface area contributed by atoms with Gasteiger partial charge in [0.25, 0.3) is 0 Å². The van der Waals surface area contributed by atoms with Crippen molar-refractivity contribution in [3.05, 3.63) is 65.5 Å². The Labute approximate surface area is 295 Å². The quantitative estimate of drug-likeness (QED) is 0.0189. The van der Waals surface area contributed by atoms with Crippen LogP contribution in [0.4, 0.5) is 10.6 Å². The van der Waals surface area contributed by atoms with E-state index in [0.717, 1.165) is 102 Å². The van der Waals surface area contributed by atoms with Gasteiger partial charge in [-0.1, -0.05) is 48.9 Å². The van der Waals surface area contributed by atoms with E-state index in [0.29, 0.717) is 30.5 Å². The number of hydrazone groups is 1. The molecule has 8 N–H and O–H groups in total. The minimum absolute atomic E-state index is 0.0526. The summed E-state index contributed by atoms with van der Waals surface area (Å²) < 4.78 is 0. The Hall–Kier alpha value is -4.76. The number of hydrogen-bond acceptors (Lipinski definition) is 10. The van der Waals surface area contributed by atoms with Crippen molar-refractivity contribution >= 4 is 57.3 Å². The molecule has 4 heterocycles. The molecule has 3 atom stereocenters. The third-order valence-electron chi connectivity index (χ3n) is 9.04. The highest BCUT2D eigenvalue weighted by molar-refractivity contribution is 8.00. The second-order valence-corrected chi connectivity index (χ2v) is 13.9. The summed E-state index contributed by atoms with van der Waals surface area (Å²) in [4.78, 5) is 37.1. The number of unbranched alkanes of at least 4 members (excludes halogenated alkanes) is 1. The van der Waals surface area contributed by atoms with E-state index in [-0.39, 0.29) is 24.0 Å². The molecule has 6 rings (SSSR count). The standard InChI is InChI=1S/C35H46N12O2S/c1-37-47-32(46-36)23-13-14-24-25(20-23)41-34-30(24)33(43-28(44-34)19-22-9-3-2-4-10-22)40-18-8-16-38-15-7-17-39-29(48)12-6-5-11-27-31-26(21-50-27)42-35(49)45-31/h2-4,9-10,13-14,20,26-27,31,36-38H,5-8,11-12,15-19,21H2,1H3,(H,39,48)(H2,42,45,49)(H2,40,41,43,44)/b46-36?,47-32-. The molecule has 0 radical (unpaired) electrons. The van der Waals surface area contributed by atoms with Gasteiger partial charge in [0.1, 0.15) is 17.3 Å². The lowest BCUT2D eigenvalue weighted by molar-refractivity contribution is -0.121. The minimum Gasteiger partial charge on any atom is -0.369 e. The SMILES string of the molecule is CN/N=C(\N=N)c1ccc2c(c1)[nH]c1nc(Cc3ccccc3)nc(NCCCNCCCNC(=O)CCCCC3SCC4NC(=O)NC43)c12. The lowest BCUT2D eigenvalue weighted by Gasteiger charge is -2.16. The lowest BCUT2D eigenvalue weighted by Crippen LogP contribution is -2.36. The van der Waals surface area contributed by atoms with Gasteiger partial charge in [-0.15, -0.1) is 5.11 Å². The smallest absolute Gasteiger partial charge is 0.315 e. The number of hydrogen-bond donors (Lipinski definition) is 8. The van der Waals surface area contributed by atoms with Gasteiger partial charge in [-0.05, 0) is 50.4 Å². The molecule has 2 aliphatic rings. The number of fused-ring (bicyclic) bond motifs is 4. The first-order valence-corrected chi connectivity index (χ1v) is 18.5. The average molecular weight is 699 g/mol. The van der Waals surface area contributed by atoms with Crippen LogP contribution in [0.3, 0.4) is 0 Å². The van der Waals surface area contributed by atoms with Crippen LogP contribution >= 0.6 is 11.8 Å². The Morgan fingerprint density at radius 3 is 2.68 bits per heavy atom. The fraction of sp³-hybridized carbons (Fsp3) is 0.457. The number of carbonyl (C=O) groups excluding carboxylic acids is 2. The molecule has 0 saturated carbocycles. The molecule has 2 saturated heterocycles. The van der Waals surface area contributed by atoms with Gasteiger partial charge >= 0.3 is 6.03 Å². The number of nitrogens with zero attached hydrogens (tertiary/aromatic N) is 4. The molecular weight excluding hydrogens is 653 g/mol. The second kappa shape index (κ2) is 17.3. The summed E-state index contributed by atoms with van der Waals surface area (Å²) in [6.45, 7) is 3.05. The summed E-state index contributed by atoms with van der Waals surface area (Å²) in [5, 5.41) is 26.1. The predicted octanol–water partition coefficient (Wildman–Crippen LogP) is 4.24. The molecule has 264 valence electrons. The highest BCUT2D eigenvalue weighted by Crippen LogP contribution is 2.33. The predicted molar refractivity (Wildman–Crippen MR) is 199 cm³/mol. The molecule has 2 aliphatic heterocycles. The van der Waals surface area contributed by atoms with E-state index in [4.69, 9.17) is 15.5 Å². The highest BCUT2D eigenvalue weighted by atomic mass is 32.2. The fourth-order valence-electron chi connectivity index (χ4n) is 6.58. The van der Waals surface area contributed by atoms with Crippen LogP contribution < -0.4 is 32.0 Å². The number of anilines is 1. The van der Waals surface area contributed by atoms with Crippen molar-refractivity contribution in [3.63, 3.8) is 0 Å². The molecule has 14 nitrogen and oxygen atoms in total. The Bertz CT molecular complexity index is 1810. The number of nitrogens with one attached hydrogen (secondary N) is 8. The number of thioether (sulfide) groups is 1. The largest absolute Gasteiger partial charge is 0.369 e. The van der Waals surface area contributed by atoms with Crippen molar-refractivity contribution in [2.75, 3.05) is 44.3 Å². The van der Waals surface area contributed by atoms with E-state index in [1.165, 1.54) is 0 Å². The minimum atomic E-state index is -0.0526. The summed E-state index contributed by atoms with van der Waals surface area (Å²) in [7, 11) is 1.68. The van der Waals surface area contributed by atoms with E-state index >= 15 is 0 Å². The Kier molecular flexibility index (Phi) is 12.1. The molecule has 0 aliphatic carbocycles. The Morgan fingerprint density at radius 1 is 1.02 bits per heavy atom. The first kappa shape index (κ1) is 35.1.